The maximum atomic E-state index is 5.90. The lowest BCUT2D eigenvalue weighted by Gasteiger charge is -1.99. The maximum absolute atomic E-state index is 5.90. The van der Waals surface area contributed by atoms with Gasteiger partial charge in [-0.25, -0.2) is 4.98 Å². The second kappa shape index (κ2) is 3.64. The molecule has 4 heteroatoms. The van der Waals surface area contributed by atoms with E-state index in [0.29, 0.717) is 6.10 Å². The number of thioether (sulfide) groups is 1. The van der Waals surface area contributed by atoms with Gasteiger partial charge in [0.15, 0.2) is 0 Å². The number of ether oxygens (including phenoxy) is 1. The first-order valence-electron chi connectivity index (χ1n) is 3.71. The summed E-state index contributed by atoms with van der Waals surface area (Å²) in [6.45, 7) is 0.886. The summed E-state index contributed by atoms with van der Waals surface area (Å²) in [6.07, 6.45) is 2.18. The molecule has 0 N–H and O–H groups in total. The summed E-state index contributed by atoms with van der Waals surface area (Å²) in [4.78, 5) is 4.15. The molecule has 0 radical (unpaired) electrons. The van der Waals surface area contributed by atoms with Gasteiger partial charge in [-0.15, -0.1) is 11.8 Å². The van der Waals surface area contributed by atoms with E-state index in [1.807, 2.05) is 12.1 Å². The number of halogens is 1. The van der Waals surface area contributed by atoms with Crippen LogP contribution in [0.25, 0.3) is 0 Å². The predicted octanol–water partition coefficient (Wildman–Crippen LogP) is 2.23. The van der Waals surface area contributed by atoms with Gasteiger partial charge in [-0.2, -0.15) is 0 Å². The number of rotatable bonds is 3. The van der Waals surface area contributed by atoms with Crippen molar-refractivity contribution in [2.75, 3.05) is 12.4 Å². The van der Waals surface area contributed by atoms with Gasteiger partial charge in [0.25, 0.3) is 0 Å². The van der Waals surface area contributed by atoms with Crippen molar-refractivity contribution in [2.45, 2.75) is 11.1 Å². The molecular weight excluding hydrogens is 194 g/mol. The zero-order valence-electron chi connectivity index (χ0n) is 6.37. The zero-order valence-corrected chi connectivity index (χ0v) is 7.94. The van der Waals surface area contributed by atoms with Crippen LogP contribution in [-0.2, 0) is 4.74 Å². The summed E-state index contributed by atoms with van der Waals surface area (Å²) in [5.74, 6) is 0.955. The molecule has 1 saturated heterocycles. The molecule has 0 aromatic carbocycles. The van der Waals surface area contributed by atoms with E-state index in [1.165, 1.54) is 0 Å². The van der Waals surface area contributed by atoms with Gasteiger partial charge in [0, 0.05) is 11.9 Å². The van der Waals surface area contributed by atoms with Crippen LogP contribution in [0.2, 0.25) is 5.02 Å². The monoisotopic (exact) mass is 201 g/mol. The van der Waals surface area contributed by atoms with E-state index >= 15 is 0 Å². The Morgan fingerprint density at radius 1 is 1.75 bits per heavy atom. The van der Waals surface area contributed by atoms with E-state index < -0.39 is 0 Å². The third kappa shape index (κ3) is 2.12. The van der Waals surface area contributed by atoms with E-state index in [0.717, 1.165) is 22.4 Å². The van der Waals surface area contributed by atoms with Gasteiger partial charge in [-0.3, -0.25) is 0 Å². The first kappa shape index (κ1) is 8.35. The predicted molar refractivity (Wildman–Crippen MR) is 49.7 cm³/mol. The van der Waals surface area contributed by atoms with Gasteiger partial charge in [0.1, 0.15) is 5.03 Å². The summed E-state index contributed by atoms with van der Waals surface area (Å²) >= 11 is 7.55. The van der Waals surface area contributed by atoms with Crippen molar-refractivity contribution >= 4 is 23.4 Å². The zero-order chi connectivity index (χ0) is 8.39. The molecule has 0 spiro atoms. The van der Waals surface area contributed by atoms with Crippen molar-refractivity contribution < 1.29 is 4.74 Å². The molecule has 1 atom stereocenters. The normalized spacial score (nSPS) is 20.9. The Balaban J connectivity index is 1.96. The minimum Gasteiger partial charge on any atom is -0.372 e. The van der Waals surface area contributed by atoms with Crippen LogP contribution >= 0.6 is 23.4 Å². The molecule has 12 heavy (non-hydrogen) atoms. The highest BCUT2D eigenvalue weighted by Gasteiger charge is 2.22. The molecule has 0 unspecified atom stereocenters. The summed E-state index contributed by atoms with van der Waals surface area (Å²) in [5, 5.41) is 1.62. The Morgan fingerprint density at radius 2 is 2.58 bits per heavy atom. The lowest BCUT2D eigenvalue weighted by atomic mass is 10.5. The van der Waals surface area contributed by atoms with Crippen LogP contribution in [0.5, 0.6) is 0 Å². The first-order valence-corrected chi connectivity index (χ1v) is 5.07. The molecule has 0 amide bonds. The van der Waals surface area contributed by atoms with Gasteiger partial charge < -0.3 is 4.74 Å². The van der Waals surface area contributed by atoms with Gasteiger partial charge >= 0.3 is 0 Å². The molecule has 2 nitrogen and oxygen atoms in total. The lowest BCUT2D eigenvalue weighted by Crippen LogP contribution is -1.90. The molecule has 0 saturated carbocycles. The molecule has 0 bridgehead atoms. The van der Waals surface area contributed by atoms with Gasteiger partial charge in [0.05, 0.1) is 17.7 Å². The molecular formula is C8H8ClNOS. The highest BCUT2D eigenvalue weighted by molar-refractivity contribution is 7.99. The number of nitrogens with zero attached hydrogens (tertiary/aromatic N) is 1. The fourth-order valence-corrected chi connectivity index (χ4v) is 1.98. The van der Waals surface area contributed by atoms with Crippen molar-refractivity contribution in [1.29, 1.82) is 0 Å². The van der Waals surface area contributed by atoms with Crippen LogP contribution in [0.1, 0.15) is 0 Å². The van der Waals surface area contributed by atoms with E-state index in [1.54, 1.807) is 18.0 Å². The van der Waals surface area contributed by atoms with Crippen LogP contribution < -0.4 is 0 Å². The third-order valence-corrected chi connectivity index (χ3v) is 3.09. The van der Waals surface area contributed by atoms with Crippen molar-refractivity contribution in [1.82, 2.24) is 4.98 Å². The highest BCUT2D eigenvalue weighted by atomic mass is 35.5. The molecule has 1 aromatic rings. The quantitative estimate of drug-likeness (QED) is 0.554. The second-order valence-electron chi connectivity index (χ2n) is 2.56. The average Bonchev–Trinajstić information content (AvgIpc) is 2.86. The smallest absolute Gasteiger partial charge is 0.115 e. The third-order valence-electron chi connectivity index (χ3n) is 1.53. The highest BCUT2D eigenvalue weighted by Crippen LogP contribution is 2.27. The Bertz CT molecular complexity index is 278. The molecule has 1 aliphatic rings. The van der Waals surface area contributed by atoms with Crippen LogP contribution in [0, 0.1) is 0 Å². The molecule has 1 aliphatic heterocycles. The average molecular weight is 202 g/mol. The van der Waals surface area contributed by atoms with E-state index in [-0.39, 0.29) is 0 Å². The lowest BCUT2D eigenvalue weighted by molar-refractivity contribution is 0.426. The van der Waals surface area contributed by atoms with Gasteiger partial charge in [-0.1, -0.05) is 11.6 Å². The van der Waals surface area contributed by atoms with Crippen LogP contribution in [0.4, 0.5) is 0 Å². The fourth-order valence-electron chi connectivity index (χ4n) is 0.814. The van der Waals surface area contributed by atoms with Gasteiger partial charge in [-0.05, 0) is 12.1 Å². The largest absolute Gasteiger partial charge is 0.372 e. The maximum Gasteiger partial charge on any atom is 0.115 e. The number of hydrogen-bond donors (Lipinski definition) is 0. The Kier molecular flexibility index (Phi) is 2.54. The topological polar surface area (TPSA) is 25.4 Å². The standard InChI is InChI=1S/C8H8ClNOS/c9-7-2-1-3-10-8(7)12-5-6-4-11-6/h1-3,6H,4-5H2/t6-/m0/s1. The number of epoxide rings is 1. The molecule has 64 valence electrons. The van der Waals surface area contributed by atoms with Gasteiger partial charge in [0.2, 0.25) is 0 Å². The molecule has 2 rings (SSSR count). The number of hydrogen-bond acceptors (Lipinski definition) is 3. The van der Waals surface area contributed by atoms with Crippen molar-refractivity contribution in [3.8, 4) is 0 Å². The fraction of sp³-hybridized carbons (Fsp3) is 0.375. The summed E-state index contributed by atoms with van der Waals surface area (Å²) in [7, 11) is 0. The van der Waals surface area contributed by atoms with E-state index in [4.69, 9.17) is 16.3 Å². The van der Waals surface area contributed by atoms with Crippen LogP contribution in [0.3, 0.4) is 0 Å². The minimum atomic E-state index is 0.424. The van der Waals surface area contributed by atoms with Crippen molar-refractivity contribution in [3.05, 3.63) is 23.4 Å². The summed E-state index contributed by atoms with van der Waals surface area (Å²) < 4.78 is 5.08. The summed E-state index contributed by atoms with van der Waals surface area (Å²) in [6, 6.07) is 3.69. The SMILES string of the molecule is Clc1cccnc1SC[C@@H]1CO1. The second-order valence-corrected chi connectivity index (χ2v) is 3.97. The molecule has 0 aliphatic carbocycles. The Hall–Kier alpha value is -0.250. The number of aromatic nitrogens is 1. The van der Waals surface area contributed by atoms with E-state index in [9.17, 15) is 0 Å². The Morgan fingerprint density at radius 3 is 3.25 bits per heavy atom. The molecule has 1 fully saturated rings. The van der Waals surface area contributed by atoms with Crippen LogP contribution in [-0.4, -0.2) is 23.4 Å². The van der Waals surface area contributed by atoms with Crippen molar-refractivity contribution in [2.24, 2.45) is 0 Å². The number of pyridine rings is 1. The summed E-state index contributed by atoms with van der Waals surface area (Å²) in [5.41, 5.74) is 0. The van der Waals surface area contributed by atoms with E-state index in [2.05, 4.69) is 4.98 Å². The Labute approximate surface area is 80.3 Å². The minimum absolute atomic E-state index is 0.424. The van der Waals surface area contributed by atoms with Crippen molar-refractivity contribution in [3.63, 3.8) is 0 Å². The first-order chi connectivity index (χ1) is 5.86. The van der Waals surface area contributed by atoms with Crippen LogP contribution in [0.15, 0.2) is 23.4 Å². The molecule has 2 heterocycles. The molecule has 1 aromatic heterocycles.